The standard InChI is InChI=1S/C20H18FN3O2S/c1-23(2)15-7-8-17-18(11-15)26-10-9-24(17)20(25)16-12-27-19(22-16)13-3-5-14(21)6-4-13/h3-8,11-12H,9-10H2,1-2H3. The summed E-state index contributed by atoms with van der Waals surface area (Å²) in [5, 5.41) is 2.43. The number of hydrogen-bond acceptors (Lipinski definition) is 5. The Balaban J connectivity index is 1.62. The first-order chi connectivity index (χ1) is 13.0. The minimum atomic E-state index is -0.298. The Morgan fingerprint density at radius 3 is 2.74 bits per heavy atom. The van der Waals surface area contributed by atoms with Crippen molar-refractivity contribution in [3.8, 4) is 16.3 Å². The lowest BCUT2D eigenvalue weighted by Crippen LogP contribution is -2.38. The molecule has 2 heterocycles. The van der Waals surface area contributed by atoms with Gasteiger partial charge in [-0.25, -0.2) is 9.37 Å². The van der Waals surface area contributed by atoms with Crippen molar-refractivity contribution in [2.75, 3.05) is 37.0 Å². The van der Waals surface area contributed by atoms with E-state index < -0.39 is 0 Å². The molecule has 0 saturated carbocycles. The van der Waals surface area contributed by atoms with Crippen molar-refractivity contribution in [1.82, 2.24) is 4.98 Å². The van der Waals surface area contributed by atoms with Gasteiger partial charge in [0.15, 0.2) is 0 Å². The van der Waals surface area contributed by atoms with Gasteiger partial charge in [-0.15, -0.1) is 11.3 Å². The smallest absolute Gasteiger partial charge is 0.277 e. The summed E-state index contributed by atoms with van der Waals surface area (Å²) in [4.78, 5) is 21.2. The van der Waals surface area contributed by atoms with Crippen LogP contribution in [0, 0.1) is 5.82 Å². The van der Waals surface area contributed by atoms with Gasteiger partial charge >= 0.3 is 0 Å². The Hall–Kier alpha value is -2.93. The van der Waals surface area contributed by atoms with Crippen LogP contribution in [0.4, 0.5) is 15.8 Å². The molecule has 1 aromatic heterocycles. The molecule has 0 aliphatic carbocycles. The number of amides is 1. The minimum absolute atomic E-state index is 0.165. The van der Waals surface area contributed by atoms with Gasteiger partial charge in [0.05, 0.1) is 12.2 Å². The van der Waals surface area contributed by atoms with Gasteiger partial charge in [-0.3, -0.25) is 4.79 Å². The number of anilines is 2. The zero-order valence-electron chi connectivity index (χ0n) is 15.0. The summed E-state index contributed by atoms with van der Waals surface area (Å²) in [5.74, 6) is 0.227. The molecule has 0 bridgehead atoms. The minimum Gasteiger partial charge on any atom is -0.489 e. The number of fused-ring (bicyclic) bond motifs is 1. The lowest BCUT2D eigenvalue weighted by molar-refractivity contribution is 0.0972. The Morgan fingerprint density at radius 1 is 1.22 bits per heavy atom. The second-order valence-electron chi connectivity index (χ2n) is 6.40. The number of nitrogens with zero attached hydrogens (tertiary/aromatic N) is 3. The van der Waals surface area contributed by atoms with Crippen molar-refractivity contribution in [1.29, 1.82) is 0 Å². The van der Waals surface area contributed by atoms with E-state index in [0.717, 1.165) is 16.9 Å². The van der Waals surface area contributed by atoms with Crippen LogP contribution in [0.1, 0.15) is 10.5 Å². The van der Waals surface area contributed by atoms with Crippen molar-refractivity contribution in [3.63, 3.8) is 0 Å². The van der Waals surface area contributed by atoms with Gasteiger partial charge in [0.25, 0.3) is 5.91 Å². The van der Waals surface area contributed by atoms with Crippen molar-refractivity contribution < 1.29 is 13.9 Å². The zero-order valence-corrected chi connectivity index (χ0v) is 15.8. The quantitative estimate of drug-likeness (QED) is 0.684. The summed E-state index contributed by atoms with van der Waals surface area (Å²) in [7, 11) is 3.92. The maximum absolute atomic E-state index is 13.1. The van der Waals surface area contributed by atoms with Crippen molar-refractivity contribution in [2.45, 2.75) is 0 Å². The number of halogens is 1. The molecule has 0 atom stereocenters. The highest BCUT2D eigenvalue weighted by atomic mass is 32.1. The fourth-order valence-corrected chi connectivity index (χ4v) is 3.73. The Morgan fingerprint density at radius 2 is 2.00 bits per heavy atom. The third kappa shape index (κ3) is 3.38. The van der Waals surface area contributed by atoms with E-state index in [-0.39, 0.29) is 11.7 Å². The van der Waals surface area contributed by atoms with Crippen molar-refractivity contribution >= 4 is 28.6 Å². The van der Waals surface area contributed by atoms with Gasteiger partial charge in [-0.2, -0.15) is 0 Å². The molecular weight excluding hydrogens is 365 g/mol. The molecule has 0 unspecified atom stereocenters. The fraction of sp³-hybridized carbons (Fsp3) is 0.200. The molecule has 2 aromatic carbocycles. The summed E-state index contributed by atoms with van der Waals surface area (Å²) in [6.45, 7) is 0.904. The molecule has 1 aliphatic heterocycles. The molecule has 1 amide bonds. The Kier molecular flexibility index (Phi) is 4.53. The van der Waals surface area contributed by atoms with Crippen LogP contribution in [-0.4, -0.2) is 38.1 Å². The molecular formula is C20H18FN3O2S. The van der Waals surface area contributed by atoms with Crippen LogP contribution in [0.2, 0.25) is 0 Å². The van der Waals surface area contributed by atoms with Gasteiger partial charge in [0.2, 0.25) is 0 Å². The van der Waals surface area contributed by atoms with E-state index >= 15 is 0 Å². The van der Waals surface area contributed by atoms with Crippen LogP contribution in [0.3, 0.4) is 0 Å². The topological polar surface area (TPSA) is 45.7 Å². The average molecular weight is 383 g/mol. The first-order valence-electron chi connectivity index (χ1n) is 8.50. The van der Waals surface area contributed by atoms with Crippen molar-refractivity contribution in [2.24, 2.45) is 0 Å². The number of hydrogen-bond donors (Lipinski definition) is 0. The van der Waals surface area contributed by atoms with E-state index in [2.05, 4.69) is 4.98 Å². The molecule has 7 heteroatoms. The maximum Gasteiger partial charge on any atom is 0.277 e. The number of carbonyl (C=O) groups is 1. The monoisotopic (exact) mass is 383 g/mol. The largest absolute Gasteiger partial charge is 0.489 e. The van der Waals surface area contributed by atoms with Crippen LogP contribution in [-0.2, 0) is 0 Å². The maximum atomic E-state index is 13.1. The predicted molar refractivity (Wildman–Crippen MR) is 105 cm³/mol. The highest BCUT2D eigenvalue weighted by Gasteiger charge is 2.27. The second kappa shape index (κ2) is 7.00. The van der Waals surface area contributed by atoms with E-state index in [1.54, 1.807) is 22.4 Å². The number of benzene rings is 2. The summed E-state index contributed by atoms with van der Waals surface area (Å²) >= 11 is 1.37. The molecule has 5 nitrogen and oxygen atoms in total. The van der Waals surface area contributed by atoms with Crippen LogP contribution in [0.5, 0.6) is 5.75 Å². The van der Waals surface area contributed by atoms with Gasteiger partial charge in [0.1, 0.15) is 28.9 Å². The molecule has 0 spiro atoms. The number of carbonyl (C=O) groups excluding carboxylic acids is 1. The van der Waals surface area contributed by atoms with Gasteiger partial charge in [0, 0.05) is 36.8 Å². The van der Waals surface area contributed by atoms with Crippen LogP contribution in [0.15, 0.2) is 47.8 Å². The van der Waals surface area contributed by atoms with Crippen LogP contribution in [0.25, 0.3) is 10.6 Å². The van der Waals surface area contributed by atoms with E-state index in [4.69, 9.17) is 4.74 Å². The molecule has 0 N–H and O–H groups in total. The summed E-state index contributed by atoms with van der Waals surface area (Å²) < 4.78 is 18.8. The van der Waals surface area contributed by atoms with Gasteiger partial charge in [-0.05, 0) is 36.4 Å². The number of rotatable bonds is 3. The van der Waals surface area contributed by atoms with E-state index in [9.17, 15) is 9.18 Å². The third-order valence-corrected chi connectivity index (χ3v) is 5.27. The first-order valence-corrected chi connectivity index (χ1v) is 9.38. The SMILES string of the molecule is CN(C)c1ccc2c(c1)OCCN2C(=O)c1csc(-c2ccc(F)cc2)n1. The fourth-order valence-electron chi connectivity index (χ4n) is 2.93. The molecule has 27 heavy (non-hydrogen) atoms. The number of aromatic nitrogens is 1. The molecule has 0 saturated heterocycles. The third-order valence-electron chi connectivity index (χ3n) is 4.38. The average Bonchev–Trinajstić information content (AvgIpc) is 3.17. The zero-order chi connectivity index (χ0) is 19.0. The summed E-state index contributed by atoms with van der Waals surface area (Å²) in [5.41, 5.74) is 2.92. The molecule has 1 aliphatic rings. The lowest BCUT2D eigenvalue weighted by atomic mass is 10.2. The van der Waals surface area contributed by atoms with E-state index in [1.807, 2.05) is 37.2 Å². The number of thiazole rings is 1. The van der Waals surface area contributed by atoms with Gasteiger partial charge < -0.3 is 14.5 Å². The van der Waals surface area contributed by atoms with E-state index in [0.29, 0.717) is 29.6 Å². The molecule has 3 aromatic rings. The predicted octanol–water partition coefficient (Wildman–Crippen LogP) is 4.05. The molecule has 4 rings (SSSR count). The highest BCUT2D eigenvalue weighted by Crippen LogP contribution is 2.36. The van der Waals surface area contributed by atoms with Crippen molar-refractivity contribution in [3.05, 3.63) is 59.4 Å². The normalized spacial score (nSPS) is 13.1. The van der Waals surface area contributed by atoms with E-state index in [1.165, 1.54) is 23.5 Å². The Bertz CT molecular complexity index is 985. The van der Waals surface area contributed by atoms with Gasteiger partial charge in [-0.1, -0.05) is 0 Å². The molecule has 0 radical (unpaired) electrons. The summed E-state index contributed by atoms with van der Waals surface area (Å²) in [6, 6.07) is 11.9. The van der Waals surface area contributed by atoms with Crippen LogP contribution < -0.4 is 14.5 Å². The van der Waals surface area contributed by atoms with Crippen LogP contribution >= 0.6 is 11.3 Å². The lowest BCUT2D eigenvalue weighted by Gasteiger charge is -2.30. The summed E-state index contributed by atoms with van der Waals surface area (Å²) in [6.07, 6.45) is 0. The Labute approximate surface area is 160 Å². The number of ether oxygens (including phenoxy) is 1. The molecule has 0 fully saturated rings. The first kappa shape index (κ1) is 17.5. The molecule has 138 valence electrons. The highest BCUT2D eigenvalue weighted by molar-refractivity contribution is 7.13. The second-order valence-corrected chi connectivity index (χ2v) is 7.25.